The van der Waals surface area contributed by atoms with Crippen LogP contribution in [0.4, 0.5) is 0 Å². The fraction of sp³-hybridized carbons (Fsp3) is 0.231. The monoisotopic (exact) mass is 418 g/mol. The minimum absolute atomic E-state index is 0.776. The third kappa shape index (κ3) is 4.38. The summed E-state index contributed by atoms with van der Waals surface area (Å²) < 4.78 is 7.60. The Hall–Kier alpha value is -2.75. The van der Waals surface area contributed by atoms with Crippen molar-refractivity contribution >= 4 is 22.5 Å². The molecule has 4 heteroatoms. The van der Waals surface area contributed by atoms with Gasteiger partial charge in [-0.3, -0.25) is 0 Å². The molecule has 0 aliphatic rings. The number of nitrogens with zero attached hydrogens (tertiary/aromatic N) is 1. The van der Waals surface area contributed by atoms with Gasteiger partial charge in [0.2, 0.25) is 0 Å². The molecule has 1 heterocycles. The number of para-hydroxylation sites is 1. The van der Waals surface area contributed by atoms with Crippen LogP contribution in [0.25, 0.3) is 10.9 Å². The lowest BCUT2D eigenvalue weighted by Gasteiger charge is -2.11. The van der Waals surface area contributed by atoms with Gasteiger partial charge in [-0.25, -0.2) is 0 Å². The summed E-state index contributed by atoms with van der Waals surface area (Å²) in [7, 11) is 1.70. The van der Waals surface area contributed by atoms with Gasteiger partial charge in [-0.1, -0.05) is 60.1 Å². The maximum absolute atomic E-state index is 6.43. The van der Waals surface area contributed by atoms with Crippen molar-refractivity contribution in [3.05, 3.63) is 100 Å². The van der Waals surface area contributed by atoms with Crippen molar-refractivity contribution in [2.75, 3.05) is 13.7 Å². The van der Waals surface area contributed by atoms with Crippen molar-refractivity contribution < 1.29 is 4.74 Å². The van der Waals surface area contributed by atoms with Crippen LogP contribution in [0, 0.1) is 6.92 Å². The van der Waals surface area contributed by atoms with E-state index in [4.69, 9.17) is 16.3 Å². The molecule has 1 aromatic heterocycles. The Morgan fingerprint density at radius 1 is 0.933 bits per heavy atom. The smallest absolute Gasteiger partial charge is 0.118 e. The van der Waals surface area contributed by atoms with Crippen LogP contribution in [0.2, 0.25) is 5.02 Å². The molecule has 1 N–H and O–H groups in total. The SMILES string of the molecule is COc1ccc(CCNCc2c(C)n(Cc3ccccc3Cl)c3ccccc23)cc1. The quantitative estimate of drug-likeness (QED) is 0.355. The second kappa shape index (κ2) is 9.38. The molecule has 0 radical (unpaired) electrons. The van der Waals surface area contributed by atoms with Crippen LogP contribution < -0.4 is 10.1 Å². The number of hydrogen-bond acceptors (Lipinski definition) is 2. The van der Waals surface area contributed by atoms with E-state index in [9.17, 15) is 0 Å². The second-order valence-corrected chi connectivity index (χ2v) is 7.94. The third-order valence-electron chi connectivity index (χ3n) is 5.70. The predicted molar refractivity (Wildman–Crippen MR) is 126 cm³/mol. The zero-order chi connectivity index (χ0) is 20.9. The number of halogens is 1. The normalized spacial score (nSPS) is 11.2. The molecular weight excluding hydrogens is 392 g/mol. The summed E-state index contributed by atoms with van der Waals surface area (Å²) in [6, 6.07) is 25.0. The lowest BCUT2D eigenvalue weighted by atomic mass is 10.1. The van der Waals surface area contributed by atoms with Crippen molar-refractivity contribution in [1.29, 1.82) is 0 Å². The zero-order valence-corrected chi connectivity index (χ0v) is 18.2. The van der Waals surface area contributed by atoms with Crippen LogP contribution in [0.3, 0.4) is 0 Å². The highest BCUT2D eigenvalue weighted by molar-refractivity contribution is 6.31. The van der Waals surface area contributed by atoms with Crippen LogP contribution in [0.5, 0.6) is 5.75 Å². The van der Waals surface area contributed by atoms with Crippen LogP contribution in [0.15, 0.2) is 72.8 Å². The highest BCUT2D eigenvalue weighted by Gasteiger charge is 2.14. The summed E-state index contributed by atoms with van der Waals surface area (Å²) in [5.74, 6) is 0.897. The van der Waals surface area contributed by atoms with Crippen molar-refractivity contribution in [1.82, 2.24) is 9.88 Å². The summed E-state index contributed by atoms with van der Waals surface area (Å²) in [5, 5.41) is 5.75. The molecule has 0 bridgehead atoms. The number of aromatic nitrogens is 1. The van der Waals surface area contributed by atoms with Crippen LogP contribution >= 0.6 is 11.6 Å². The third-order valence-corrected chi connectivity index (χ3v) is 6.07. The van der Waals surface area contributed by atoms with Crippen molar-refractivity contribution in [2.45, 2.75) is 26.4 Å². The van der Waals surface area contributed by atoms with Crippen molar-refractivity contribution in [3.63, 3.8) is 0 Å². The zero-order valence-electron chi connectivity index (χ0n) is 17.5. The average molecular weight is 419 g/mol. The number of benzene rings is 3. The fourth-order valence-corrected chi connectivity index (χ4v) is 4.16. The molecule has 0 saturated carbocycles. The van der Waals surface area contributed by atoms with Gasteiger partial charge in [-0.15, -0.1) is 0 Å². The maximum atomic E-state index is 6.43. The number of hydrogen-bond donors (Lipinski definition) is 1. The molecule has 0 spiro atoms. The fourth-order valence-electron chi connectivity index (χ4n) is 3.96. The molecule has 0 atom stereocenters. The Bertz CT molecular complexity index is 1130. The first-order valence-electron chi connectivity index (χ1n) is 10.3. The minimum Gasteiger partial charge on any atom is -0.497 e. The first-order chi connectivity index (χ1) is 14.7. The van der Waals surface area contributed by atoms with E-state index in [0.29, 0.717) is 0 Å². The molecule has 3 nitrogen and oxygen atoms in total. The van der Waals surface area contributed by atoms with Gasteiger partial charge in [0.25, 0.3) is 0 Å². The second-order valence-electron chi connectivity index (χ2n) is 7.53. The Balaban J connectivity index is 1.49. The molecular formula is C26H27ClN2O. The summed E-state index contributed by atoms with van der Waals surface area (Å²) >= 11 is 6.43. The van der Waals surface area contributed by atoms with E-state index >= 15 is 0 Å². The summed E-state index contributed by atoms with van der Waals surface area (Å²) in [4.78, 5) is 0. The topological polar surface area (TPSA) is 26.2 Å². The van der Waals surface area contributed by atoms with Gasteiger partial charge < -0.3 is 14.6 Å². The van der Waals surface area contributed by atoms with Crippen LogP contribution in [-0.4, -0.2) is 18.2 Å². The Morgan fingerprint density at radius 3 is 2.43 bits per heavy atom. The van der Waals surface area contributed by atoms with Crippen LogP contribution in [-0.2, 0) is 19.5 Å². The van der Waals surface area contributed by atoms with Crippen LogP contribution in [0.1, 0.15) is 22.4 Å². The van der Waals surface area contributed by atoms with Gasteiger partial charge in [0, 0.05) is 34.7 Å². The van der Waals surface area contributed by atoms with Gasteiger partial charge in [0.15, 0.2) is 0 Å². The molecule has 0 amide bonds. The van der Waals surface area contributed by atoms with E-state index in [-0.39, 0.29) is 0 Å². The van der Waals surface area contributed by atoms with Crippen molar-refractivity contribution in [3.8, 4) is 5.75 Å². The van der Waals surface area contributed by atoms with E-state index in [2.05, 4.69) is 59.3 Å². The summed E-state index contributed by atoms with van der Waals surface area (Å²) in [6.45, 7) is 4.75. The lowest BCUT2D eigenvalue weighted by Crippen LogP contribution is -2.17. The number of ether oxygens (including phenoxy) is 1. The molecule has 0 fully saturated rings. The molecule has 4 aromatic rings. The first-order valence-corrected chi connectivity index (χ1v) is 10.7. The Labute approximate surface area is 183 Å². The average Bonchev–Trinajstić information content (AvgIpc) is 3.04. The van der Waals surface area contributed by atoms with E-state index in [0.717, 1.165) is 42.4 Å². The molecule has 0 aliphatic carbocycles. The van der Waals surface area contributed by atoms with Crippen molar-refractivity contribution in [2.24, 2.45) is 0 Å². The molecule has 30 heavy (non-hydrogen) atoms. The van der Waals surface area contributed by atoms with Gasteiger partial charge in [-0.2, -0.15) is 0 Å². The lowest BCUT2D eigenvalue weighted by molar-refractivity contribution is 0.414. The van der Waals surface area contributed by atoms with E-state index in [1.54, 1.807) is 7.11 Å². The Morgan fingerprint density at radius 2 is 1.67 bits per heavy atom. The molecule has 4 rings (SSSR count). The highest BCUT2D eigenvalue weighted by atomic mass is 35.5. The first kappa shape index (κ1) is 20.5. The maximum Gasteiger partial charge on any atom is 0.118 e. The molecule has 0 saturated heterocycles. The number of fused-ring (bicyclic) bond motifs is 1. The van der Waals surface area contributed by atoms with Gasteiger partial charge in [0.1, 0.15) is 5.75 Å². The van der Waals surface area contributed by atoms with Gasteiger partial charge in [0.05, 0.1) is 7.11 Å². The molecule has 0 aliphatic heterocycles. The largest absolute Gasteiger partial charge is 0.497 e. The van der Waals surface area contributed by atoms with Gasteiger partial charge in [-0.05, 0) is 60.8 Å². The highest BCUT2D eigenvalue weighted by Crippen LogP contribution is 2.28. The van der Waals surface area contributed by atoms with E-state index in [1.807, 2.05) is 30.3 Å². The number of methoxy groups -OCH3 is 1. The van der Waals surface area contributed by atoms with Gasteiger partial charge >= 0.3 is 0 Å². The minimum atomic E-state index is 0.776. The number of nitrogens with one attached hydrogen (secondary N) is 1. The summed E-state index contributed by atoms with van der Waals surface area (Å²) in [5.41, 5.74) is 6.34. The standard InChI is InChI=1S/C26H27ClN2O/c1-19-24(17-28-16-15-20-11-13-22(30-2)14-12-20)23-8-4-6-10-26(23)29(19)18-21-7-3-5-9-25(21)27/h3-14,28H,15-18H2,1-2H3. The number of rotatable bonds is 8. The van der Waals surface area contributed by atoms with E-state index < -0.39 is 0 Å². The molecule has 0 unspecified atom stereocenters. The predicted octanol–water partition coefficient (Wildman–Crippen LogP) is 5.99. The Kier molecular flexibility index (Phi) is 6.41. The van der Waals surface area contributed by atoms with E-state index in [1.165, 1.54) is 27.7 Å². The molecule has 3 aromatic carbocycles. The molecule has 154 valence electrons. The summed E-state index contributed by atoms with van der Waals surface area (Å²) in [6.07, 6.45) is 0.987.